The first-order chi connectivity index (χ1) is 15.0. The quantitative estimate of drug-likeness (QED) is 0.393. The molecule has 2 aromatic rings. The summed E-state index contributed by atoms with van der Waals surface area (Å²) in [5.74, 6) is -2.04. The summed E-state index contributed by atoms with van der Waals surface area (Å²) in [4.78, 5) is 22.4. The van der Waals surface area contributed by atoms with Gasteiger partial charge in [-0.2, -0.15) is 0 Å². The average Bonchev–Trinajstić information content (AvgIpc) is 2.74. The predicted molar refractivity (Wildman–Crippen MR) is 128 cm³/mol. The minimum absolute atomic E-state index is 0.156. The van der Waals surface area contributed by atoms with Gasteiger partial charge in [0.2, 0.25) is 0 Å². The number of hydrogen-bond acceptors (Lipinski definition) is 2. The molecule has 0 fully saturated rings. The van der Waals surface area contributed by atoms with Gasteiger partial charge in [-0.3, -0.25) is 0 Å². The van der Waals surface area contributed by atoms with E-state index in [0.29, 0.717) is 11.1 Å². The van der Waals surface area contributed by atoms with Crippen molar-refractivity contribution in [2.45, 2.75) is 64.2 Å². The molecular formula is C28H32O4. The van der Waals surface area contributed by atoms with Gasteiger partial charge in [-0.1, -0.05) is 64.1 Å². The number of carboxylic acid groups (broad SMARTS) is 2. The molecule has 2 aromatic carbocycles. The number of carboxylic acids is 2. The second-order valence-electron chi connectivity index (χ2n) is 9.90. The summed E-state index contributed by atoms with van der Waals surface area (Å²) in [6, 6.07) is 13.4. The Bertz CT molecular complexity index is 1090. The predicted octanol–water partition coefficient (Wildman–Crippen LogP) is 6.39. The van der Waals surface area contributed by atoms with E-state index < -0.39 is 11.9 Å². The first-order valence-corrected chi connectivity index (χ1v) is 11.1. The molecule has 3 rings (SSSR count). The molecule has 1 aliphatic rings. The highest BCUT2D eigenvalue weighted by molar-refractivity contribution is 5.90. The third-order valence-electron chi connectivity index (χ3n) is 6.56. The van der Waals surface area contributed by atoms with Crippen LogP contribution < -0.4 is 0 Å². The van der Waals surface area contributed by atoms with Crippen molar-refractivity contribution >= 4 is 17.5 Å². The van der Waals surface area contributed by atoms with Gasteiger partial charge in [-0.25, -0.2) is 9.59 Å². The van der Waals surface area contributed by atoms with Gasteiger partial charge in [-0.05, 0) is 82.5 Å². The Morgan fingerprint density at radius 2 is 1.53 bits per heavy atom. The zero-order valence-corrected chi connectivity index (χ0v) is 19.3. The number of aromatic carboxylic acids is 1. The van der Waals surface area contributed by atoms with Gasteiger partial charge < -0.3 is 10.2 Å². The molecular weight excluding hydrogens is 400 g/mol. The largest absolute Gasteiger partial charge is 0.478 e. The Balaban J connectivity index is 1.86. The van der Waals surface area contributed by atoms with Crippen molar-refractivity contribution in [2.75, 3.05) is 0 Å². The molecule has 4 heteroatoms. The van der Waals surface area contributed by atoms with E-state index in [1.807, 2.05) is 6.08 Å². The maximum Gasteiger partial charge on any atom is 0.335 e. The lowest BCUT2D eigenvalue weighted by molar-refractivity contribution is -0.131. The summed E-state index contributed by atoms with van der Waals surface area (Å²) in [5, 5.41) is 18.3. The monoisotopic (exact) mass is 432 g/mol. The summed E-state index contributed by atoms with van der Waals surface area (Å²) >= 11 is 0. The van der Waals surface area contributed by atoms with Crippen LogP contribution in [0.3, 0.4) is 0 Å². The summed E-state index contributed by atoms with van der Waals surface area (Å²) in [6.45, 7) is 9.26. The number of benzene rings is 2. The van der Waals surface area contributed by atoms with Gasteiger partial charge in [0.1, 0.15) is 0 Å². The van der Waals surface area contributed by atoms with Crippen LogP contribution in [0.2, 0.25) is 0 Å². The molecule has 0 bridgehead atoms. The van der Waals surface area contributed by atoms with Crippen molar-refractivity contribution in [1.82, 2.24) is 0 Å². The molecule has 0 unspecified atom stereocenters. The minimum atomic E-state index is -1.04. The molecule has 0 aromatic heterocycles. The van der Waals surface area contributed by atoms with Gasteiger partial charge in [0.25, 0.3) is 0 Å². The summed E-state index contributed by atoms with van der Waals surface area (Å²) in [6.07, 6.45) is 8.50. The van der Waals surface area contributed by atoms with Crippen LogP contribution in [0.5, 0.6) is 0 Å². The molecule has 0 amide bonds. The number of aryl methyl sites for hydroxylation is 1. The number of rotatable bonds is 7. The van der Waals surface area contributed by atoms with Crippen LogP contribution >= 0.6 is 0 Å². The molecule has 2 N–H and O–H groups in total. The lowest BCUT2D eigenvalue weighted by Crippen LogP contribution is -2.33. The van der Waals surface area contributed by atoms with Crippen LogP contribution in [-0.4, -0.2) is 22.2 Å². The third kappa shape index (κ3) is 5.37. The van der Waals surface area contributed by atoms with Gasteiger partial charge in [0, 0.05) is 6.08 Å². The van der Waals surface area contributed by atoms with E-state index in [1.54, 1.807) is 18.2 Å². The maximum absolute atomic E-state index is 11.3. The molecule has 0 aliphatic heterocycles. The van der Waals surface area contributed by atoms with Crippen LogP contribution in [0.25, 0.3) is 5.57 Å². The standard InChI is InChI=1S/C28H32O4/c1-27(2)15-16-28(3,4)24-17-19(11-13-23(24)27)7-5-8-20(12-14-25(29)30)21-9-6-10-22(18-21)26(31)32/h6,8-14,17-18H,5,7,15-16H2,1-4H3,(H,29,30)(H,31,32)/b14-12-,20-8-. The molecule has 0 heterocycles. The minimum Gasteiger partial charge on any atom is -0.478 e. The molecule has 0 spiro atoms. The van der Waals surface area contributed by atoms with Crippen LogP contribution in [0, 0.1) is 0 Å². The van der Waals surface area contributed by atoms with Crippen molar-refractivity contribution in [3.8, 4) is 0 Å². The number of allylic oxidation sites excluding steroid dienone is 3. The Morgan fingerprint density at radius 1 is 0.875 bits per heavy atom. The number of carbonyl (C=O) groups is 2. The highest BCUT2D eigenvalue weighted by atomic mass is 16.4. The van der Waals surface area contributed by atoms with E-state index in [9.17, 15) is 14.7 Å². The molecule has 168 valence electrons. The van der Waals surface area contributed by atoms with E-state index in [1.165, 1.54) is 41.7 Å². The molecule has 0 atom stereocenters. The summed E-state index contributed by atoms with van der Waals surface area (Å²) in [7, 11) is 0. The van der Waals surface area contributed by atoms with Crippen molar-refractivity contribution in [2.24, 2.45) is 0 Å². The Morgan fingerprint density at radius 3 is 2.19 bits per heavy atom. The second kappa shape index (κ2) is 9.15. The van der Waals surface area contributed by atoms with Crippen molar-refractivity contribution < 1.29 is 19.8 Å². The van der Waals surface area contributed by atoms with E-state index in [0.717, 1.165) is 18.9 Å². The second-order valence-corrected chi connectivity index (χ2v) is 9.90. The highest BCUT2D eigenvalue weighted by Gasteiger charge is 2.36. The molecule has 1 aliphatic carbocycles. The van der Waals surface area contributed by atoms with Gasteiger partial charge >= 0.3 is 11.9 Å². The van der Waals surface area contributed by atoms with E-state index in [4.69, 9.17) is 5.11 Å². The van der Waals surface area contributed by atoms with Crippen molar-refractivity contribution in [3.63, 3.8) is 0 Å². The van der Waals surface area contributed by atoms with E-state index in [-0.39, 0.29) is 16.4 Å². The lowest BCUT2D eigenvalue weighted by atomic mass is 9.63. The SMILES string of the molecule is CC1(C)CCC(C)(C)c2cc(CC/C=C(/C=C\C(=O)O)c3cccc(C(=O)O)c3)ccc21. The average molecular weight is 433 g/mol. The number of fused-ring (bicyclic) bond motifs is 1. The number of aliphatic carboxylic acids is 1. The van der Waals surface area contributed by atoms with Crippen molar-refractivity contribution in [3.05, 3.63) is 88.5 Å². The Kier molecular flexibility index (Phi) is 6.73. The summed E-state index contributed by atoms with van der Waals surface area (Å²) in [5.41, 5.74) is 6.03. The fourth-order valence-electron chi connectivity index (χ4n) is 4.46. The molecule has 0 saturated carbocycles. The van der Waals surface area contributed by atoms with Gasteiger partial charge in [0.15, 0.2) is 0 Å². The third-order valence-corrected chi connectivity index (χ3v) is 6.56. The molecule has 0 saturated heterocycles. The summed E-state index contributed by atoms with van der Waals surface area (Å²) < 4.78 is 0. The zero-order valence-electron chi connectivity index (χ0n) is 19.3. The normalized spacial score (nSPS) is 17.2. The fraction of sp³-hybridized carbons (Fsp3) is 0.357. The molecule has 32 heavy (non-hydrogen) atoms. The highest BCUT2D eigenvalue weighted by Crippen LogP contribution is 2.46. The topological polar surface area (TPSA) is 74.6 Å². The van der Waals surface area contributed by atoms with Crippen molar-refractivity contribution in [1.29, 1.82) is 0 Å². The van der Waals surface area contributed by atoms with Gasteiger partial charge in [0.05, 0.1) is 5.56 Å². The molecule has 0 radical (unpaired) electrons. The van der Waals surface area contributed by atoms with Crippen LogP contribution in [0.15, 0.2) is 60.7 Å². The zero-order chi connectivity index (χ0) is 23.5. The first-order valence-electron chi connectivity index (χ1n) is 11.1. The maximum atomic E-state index is 11.3. The van der Waals surface area contributed by atoms with Crippen LogP contribution in [-0.2, 0) is 22.0 Å². The fourth-order valence-corrected chi connectivity index (χ4v) is 4.46. The smallest absolute Gasteiger partial charge is 0.335 e. The Labute approximate surface area is 190 Å². The van der Waals surface area contributed by atoms with E-state index >= 15 is 0 Å². The number of hydrogen-bond donors (Lipinski definition) is 2. The lowest BCUT2D eigenvalue weighted by Gasteiger charge is -2.42. The van der Waals surface area contributed by atoms with Crippen LogP contribution in [0.1, 0.15) is 79.6 Å². The molecule has 4 nitrogen and oxygen atoms in total. The van der Waals surface area contributed by atoms with E-state index in [2.05, 4.69) is 45.9 Å². The Hall–Kier alpha value is -3.14. The van der Waals surface area contributed by atoms with Gasteiger partial charge in [-0.15, -0.1) is 0 Å². The van der Waals surface area contributed by atoms with Crippen LogP contribution in [0.4, 0.5) is 0 Å². The first kappa shape index (κ1) is 23.5.